The van der Waals surface area contributed by atoms with Crippen LogP contribution in [0.2, 0.25) is 0 Å². The van der Waals surface area contributed by atoms with Crippen molar-refractivity contribution in [1.29, 1.82) is 0 Å². The number of pyridine rings is 1. The van der Waals surface area contributed by atoms with E-state index in [2.05, 4.69) is 29.7 Å². The summed E-state index contributed by atoms with van der Waals surface area (Å²) in [5, 5.41) is 3.08. The number of anilines is 2. The highest BCUT2D eigenvalue weighted by Gasteiger charge is 2.32. The first-order valence-corrected chi connectivity index (χ1v) is 8.71. The Kier molecular flexibility index (Phi) is 4.58. The normalized spacial score (nSPS) is 16.6. The molecule has 148 valence electrons. The third-order valence-electron chi connectivity index (χ3n) is 4.81. The Hall–Kier alpha value is -2.88. The van der Waals surface area contributed by atoms with Crippen molar-refractivity contribution in [3.63, 3.8) is 0 Å². The van der Waals surface area contributed by atoms with Crippen LogP contribution in [-0.2, 0) is 24.0 Å². The van der Waals surface area contributed by atoms with Gasteiger partial charge in [-0.3, -0.25) is 4.98 Å². The number of likely N-dealkylation sites (N-methyl/N-ethyl adjacent to an activating group) is 1. The topological polar surface area (TPSA) is 68.1 Å². The highest BCUT2D eigenvalue weighted by Crippen LogP contribution is 2.31. The molecule has 0 aromatic carbocycles. The van der Waals surface area contributed by atoms with Crippen molar-refractivity contribution in [2.24, 2.45) is 0 Å². The zero-order valence-electron chi connectivity index (χ0n) is 15.4. The highest BCUT2D eigenvalue weighted by molar-refractivity contribution is 5.89. The molecule has 0 bridgehead atoms. The fourth-order valence-electron chi connectivity index (χ4n) is 3.32. The van der Waals surface area contributed by atoms with Crippen molar-refractivity contribution < 1.29 is 17.9 Å². The molecule has 4 heterocycles. The van der Waals surface area contributed by atoms with E-state index in [0.29, 0.717) is 18.1 Å². The van der Waals surface area contributed by atoms with Gasteiger partial charge in [0.1, 0.15) is 11.2 Å². The van der Waals surface area contributed by atoms with E-state index in [1.165, 1.54) is 12.3 Å². The molecule has 3 aromatic heterocycles. The minimum atomic E-state index is -4.45. The van der Waals surface area contributed by atoms with Gasteiger partial charge in [0.25, 0.3) is 0 Å². The van der Waals surface area contributed by atoms with E-state index in [9.17, 15) is 13.2 Å². The summed E-state index contributed by atoms with van der Waals surface area (Å²) >= 11 is 0. The van der Waals surface area contributed by atoms with Gasteiger partial charge in [0.15, 0.2) is 5.82 Å². The third-order valence-corrected chi connectivity index (χ3v) is 4.81. The van der Waals surface area contributed by atoms with E-state index in [-0.39, 0.29) is 12.6 Å². The Balaban J connectivity index is 1.56. The number of rotatable bonds is 5. The number of methoxy groups -OCH3 is 1. The quantitative estimate of drug-likeness (QED) is 0.720. The zero-order valence-corrected chi connectivity index (χ0v) is 15.4. The van der Waals surface area contributed by atoms with Crippen molar-refractivity contribution in [2.45, 2.75) is 25.3 Å². The van der Waals surface area contributed by atoms with Gasteiger partial charge in [-0.1, -0.05) is 6.07 Å². The van der Waals surface area contributed by atoms with Crippen LogP contribution in [0, 0.1) is 0 Å². The Morgan fingerprint density at radius 1 is 1.25 bits per heavy atom. The van der Waals surface area contributed by atoms with Crippen molar-refractivity contribution in [3.05, 3.63) is 41.9 Å². The second-order valence-corrected chi connectivity index (χ2v) is 6.70. The second-order valence-electron chi connectivity index (χ2n) is 6.70. The summed E-state index contributed by atoms with van der Waals surface area (Å²) in [4.78, 5) is 14.7. The number of halogens is 3. The fourth-order valence-corrected chi connectivity index (χ4v) is 3.32. The van der Waals surface area contributed by atoms with Crippen molar-refractivity contribution in [2.75, 3.05) is 31.0 Å². The summed E-state index contributed by atoms with van der Waals surface area (Å²) in [6.45, 7) is 1.62. The Morgan fingerprint density at radius 3 is 2.75 bits per heavy atom. The van der Waals surface area contributed by atoms with Crippen LogP contribution in [0.1, 0.15) is 11.3 Å². The predicted octanol–water partition coefficient (Wildman–Crippen LogP) is 2.92. The predicted molar refractivity (Wildman–Crippen MR) is 98.2 cm³/mol. The van der Waals surface area contributed by atoms with Crippen molar-refractivity contribution in [1.82, 2.24) is 19.5 Å². The van der Waals surface area contributed by atoms with Gasteiger partial charge in [0, 0.05) is 39.6 Å². The number of hydrogen-bond acceptors (Lipinski definition) is 6. The molecule has 28 heavy (non-hydrogen) atoms. The molecule has 3 aromatic rings. The Labute approximate surface area is 159 Å². The summed E-state index contributed by atoms with van der Waals surface area (Å²) in [6.07, 6.45) is -1.27. The first-order valence-electron chi connectivity index (χ1n) is 8.71. The van der Waals surface area contributed by atoms with Gasteiger partial charge in [-0.25, -0.2) is 4.98 Å². The Morgan fingerprint density at radius 2 is 2.07 bits per heavy atom. The lowest BCUT2D eigenvalue weighted by atomic mass is 10.2. The molecular formula is C18H19F3N6O. The molecule has 4 rings (SSSR count). The molecule has 7 nitrogen and oxygen atoms in total. The van der Waals surface area contributed by atoms with Crippen LogP contribution in [0.5, 0.6) is 0 Å². The molecule has 0 aliphatic carbocycles. The monoisotopic (exact) mass is 392 g/mol. The van der Waals surface area contributed by atoms with E-state index in [0.717, 1.165) is 29.5 Å². The second kappa shape index (κ2) is 6.93. The molecule has 1 aliphatic rings. The molecule has 0 amide bonds. The van der Waals surface area contributed by atoms with Crippen molar-refractivity contribution in [3.8, 4) is 0 Å². The smallest absolute Gasteiger partial charge is 0.382 e. The van der Waals surface area contributed by atoms with Crippen LogP contribution in [0.25, 0.3) is 11.0 Å². The maximum absolute atomic E-state index is 12.6. The van der Waals surface area contributed by atoms with Gasteiger partial charge in [-0.15, -0.1) is 0 Å². The minimum absolute atomic E-state index is 0.148. The van der Waals surface area contributed by atoms with E-state index < -0.39 is 11.9 Å². The first kappa shape index (κ1) is 18.5. The zero-order chi connectivity index (χ0) is 19.9. The number of alkyl halides is 3. The van der Waals surface area contributed by atoms with Gasteiger partial charge in [0.2, 0.25) is 5.95 Å². The standard InChI is InChI=1S/C18H19F3N6O/c1-26-12(10-28-2)9-27-6-5-13-15(27)16(26)25-17(24-13)23-8-11-3-4-14(22-7-11)18(19,20)21/h3-7,12H,8-10H2,1-2H3,(H,23,24,25). The molecule has 1 unspecified atom stereocenters. The molecule has 1 N–H and O–H groups in total. The first-order chi connectivity index (χ1) is 13.4. The van der Waals surface area contributed by atoms with Gasteiger partial charge in [-0.2, -0.15) is 18.2 Å². The van der Waals surface area contributed by atoms with E-state index in [1.54, 1.807) is 7.11 Å². The maximum atomic E-state index is 12.6. The molecule has 10 heteroatoms. The lowest BCUT2D eigenvalue weighted by molar-refractivity contribution is -0.141. The van der Waals surface area contributed by atoms with Gasteiger partial charge in [-0.05, 0) is 17.7 Å². The molecule has 0 radical (unpaired) electrons. The number of hydrogen-bond donors (Lipinski definition) is 1. The summed E-state index contributed by atoms with van der Waals surface area (Å²) in [7, 11) is 3.63. The van der Waals surface area contributed by atoms with Gasteiger partial charge < -0.3 is 19.5 Å². The summed E-state index contributed by atoms with van der Waals surface area (Å²) < 4.78 is 45.3. The molecular weight excluding hydrogens is 373 g/mol. The summed E-state index contributed by atoms with van der Waals surface area (Å²) in [5.41, 5.74) is 1.45. The van der Waals surface area contributed by atoms with Crippen LogP contribution < -0.4 is 10.2 Å². The summed E-state index contributed by atoms with van der Waals surface area (Å²) in [6, 6.07) is 4.43. The Bertz CT molecular complexity index is 985. The maximum Gasteiger partial charge on any atom is 0.433 e. The number of ether oxygens (including phenoxy) is 1. The lowest BCUT2D eigenvalue weighted by Crippen LogP contribution is -2.42. The van der Waals surface area contributed by atoms with Gasteiger partial charge >= 0.3 is 6.18 Å². The van der Waals surface area contributed by atoms with Crippen LogP contribution in [0.15, 0.2) is 30.6 Å². The van der Waals surface area contributed by atoms with E-state index in [4.69, 9.17) is 4.74 Å². The van der Waals surface area contributed by atoms with Crippen molar-refractivity contribution >= 4 is 22.8 Å². The highest BCUT2D eigenvalue weighted by atomic mass is 19.4. The molecule has 0 saturated carbocycles. The number of aromatic nitrogens is 4. The lowest BCUT2D eigenvalue weighted by Gasteiger charge is -2.34. The van der Waals surface area contributed by atoms with Crippen LogP contribution in [-0.4, -0.2) is 46.3 Å². The number of nitrogens with zero attached hydrogens (tertiary/aromatic N) is 5. The molecule has 0 spiro atoms. The third kappa shape index (κ3) is 3.35. The van der Waals surface area contributed by atoms with Crippen LogP contribution >= 0.6 is 0 Å². The fraction of sp³-hybridized carbons (Fsp3) is 0.389. The largest absolute Gasteiger partial charge is 0.433 e. The van der Waals surface area contributed by atoms with Crippen LogP contribution in [0.4, 0.5) is 24.9 Å². The number of nitrogens with one attached hydrogen (secondary N) is 1. The summed E-state index contributed by atoms with van der Waals surface area (Å²) in [5.74, 6) is 1.20. The minimum Gasteiger partial charge on any atom is -0.382 e. The molecule has 0 fully saturated rings. The van der Waals surface area contributed by atoms with E-state index >= 15 is 0 Å². The van der Waals surface area contributed by atoms with Crippen LogP contribution in [0.3, 0.4) is 0 Å². The molecule has 0 saturated heterocycles. The molecule has 1 aliphatic heterocycles. The average molecular weight is 392 g/mol. The molecule has 1 atom stereocenters. The SMILES string of the molecule is COCC1Cn2ccc3nc(NCc4ccc(C(F)(F)F)nc4)nc(c32)N1C. The van der Waals surface area contributed by atoms with E-state index in [1.807, 2.05) is 19.3 Å². The van der Waals surface area contributed by atoms with Gasteiger partial charge in [0.05, 0.1) is 18.2 Å². The average Bonchev–Trinajstić information content (AvgIpc) is 3.07.